The second-order valence-electron chi connectivity index (χ2n) is 6.73. The zero-order chi connectivity index (χ0) is 17.8. The van der Waals surface area contributed by atoms with Gasteiger partial charge >= 0.3 is 0 Å². The number of H-pyrrole nitrogens is 1. The first-order chi connectivity index (χ1) is 12.8. The largest absolute Gasteiger partial charge is 0.379 e. The molecular weight excluding hydrogens is 326 g/mol. The molecule has 3 aromatic rings. The van der Waals surface area contributed by atoms with Gasteiger partial charge in [-0.3, -0.25) is 4.79 Å². The summed E-state index contributed by atoms with van der Waals surface area (Å²) >= 11 is 0. The maximum atomic E-state index is 13.1. The Morgan fingerprint density at radius 2 is 2.12 bits per heavy atom. The van der Waals surface area contributed by atoms with Gasteiger partial charge in [-0.2, -0.15) is 0 Å². The van der Waals surface area contributed by atoms with Crippen molar-refractivity contribution in [3.05, 3.63) is 66.0 Å². The number of pyridine rings is 1. The quantitative estimate of drug-likeness (QED) is 0.744. The van der Waals surface area contributed by atoms with Crippen molar-refractivity contribution < 1.29 is 9.53 Å². The van der Waals surface area contributed by atoms with Gasteiger partial charge in [-0.25, -0.2) is 4.98 Å². The average Bonchev–Trinajstić information content (AvgIpc) is 3.34. The van der Waals surface area contributed by atoms with Crippen molar-refractivity contribution in [3.8, 4) is 0 Å². The summed E-state index contributed by atoms with van der Waals surface area (Å²) in [6.07, 6.45) is 5.81. The van der Waals surface area contributed by atoms with Crippen LogP contribution < -0.4 is 0 Å². The van der Waals surface area contributed by atoms with Crippen molar-refractivity contribution in [1.82, 2.24) is 14.9 Å². The molecule has 134 valence electrons. The Morgan fingerprint density at radius 3 is 2.92 bits per heavy atom. The third-order valence-corrected chi connectivity index (χ3v) is 5.03. The standard InChI is InChI=1S/C21H23N3O2/c25-20(13-17-14-23-21-19(17)7-4-10-22-21)24(18-9-12-26-15-18)11-8-16-5-2-1-3-6-16/h1-7,10,14,18H,8-9,11-13,15H2,(H,22,23). The highest BCUT2D eigenvalue weighted by atomic mass is 16.5. The van der Waals surface area contributed by atoms with Crippen LogP contribution in [0.2, 0.25) is 0 Å². The van der Waals surface area contributed by atoms with E-state index in [0.29, 0.717) is 13.0 Å². The average molecular weight is 349 g/mol. The van der Waals surface area contributed by atoms with E-state index in [0.717, 1.165) is 42.6 Å². The summed E-state index contributed by atoms with van der Waals surface area (Å²) in [4.78, 5) is 22.6. The summed E-state index contributed by atoms with van der Waals surface area (Å²) in [7, 11) is 0. The van der Waals surface area contributed by atoms with Gasteiger partial charge in [-0.05, 0) is 36.1 Å². The molecule has 4 rings (SSSR count). The molecule has 3 heterocycles. The SMILES string of the molecule is O=C(Cc1c[nH]c2ncccc12)N(CCc1ccccc1)C1CCOC1. The number of rotatable bonds is 6. The molecule has 1 atom stereocenters. The minimum atomic E-state index is 0.154. The Bertz CT molecular complexity index is 869. The molecule has 1 N–H and O–H groups in total. The number of aromatic amines is 1. The van der Waals surface area contributed by atoms with Gasteiger partial charge in [-0.15, -0.1) is 0 Å². The molecule has 1 fully saturated rings. The third-order valence-electron chi connectivity index (χ3n) is 5.03. The Balaban J connectivity index is 1.50. The molecule has 2 aromatic heterocycles. The minimum Gasteiger partial charge on any atom is -0.379 e. The predicted octanol–water partition coefficient (Wildman–Crippen LogP) is 2.97. The number of nitrogens with zero attached hydrogens (tertiary/aromatic N) is 2. The summed E-state index contributed by atoms with van der Waals surface area (Å²) in [5.41, 5.74) is 3.08. The number of benzene rings is 1. The van der Waals surface area contributed by atoms with Crippen molar-refractivity contribution in [3.63, 3.8) is 0 Å². The van der Waals surface area contributed by atoms with E-state index < -0.39 is 0 Å². The molecule has 26 heavy (non-hydrogen) atoms. The fourth-order valence-corrected chi connectivity index (χ4v) is 3.60. The number of ether oxygens (including phenoxy) is 1. The Labute approximate surface area is 153 Å². The molecule has 1 amide bonds. The van der Waals surface area contributed by atoms with Crippen LogP contribution in [0, 0.1) is 0 Å². The number of nitrogens with one attached hydrogen (secondary N) is 1. The van der Waals surface area contributed by atoms with E-state index in [-0.39, 0.29) is 11.9 Å². The number of amides is 1. The molecule has 0 spiro atoms. The molecule has 5 nitrogen and oxygen atoms in total. The second kappa shape index (κ2) is 7.70. The maximum absolute atomic E-state index is 13.1. The molecule has 0 radical (unpaired) electrons. The number of fused-ring (bicyclic) bond motifs is 1. The lowest BCUT2D eigenvalue weighted by molar-refractivity contribution is -0.132. The Morgan fingerprint density at radius 1 is 1.23 bits per heavy atom. The second-order valence-corrected chi connectivity index (χ2v) is 6.73. The number of aromatic nitrogens is 2. The fraction of sp³-hybridized carbons (Fsp3) is 0.333. The number of carbonyl (C=O) groups is 1. The molecule has 1 saturated heterocycles. The number of carbonyl (C=O) groups excluding carboxylic acids is 1. The molecule has 0 aliphatic carbocycles. The van der Waals surface area contributed by atoms with Gasteiger partial charge in [0.05, 0.1) is 19.1 Å². The lowest BCUT2D eigenvalue weighted by Gasteiger charge is -2.28. The van der Waals surface area contributed by atoms with E-state index >= 15 is 0 Å². The van der Waals surface area contributed by atoms with E-state index in [1.165, 1.54) is 5.56 Å². The summed E-state index contributed by atoms with van der Waals surface area (Å²) in [6, 6.07) is 14.4. The van der Waals surface area contributed by atoms with E-state index in [4.69, 9.17) is 4.74 Å². The van der Waals surface area contributed by atoms with Crippen LogP contribution in [0.4, 0.5) is 0 Å². The summed E-state index contributed by atoms with van der Waals surface area (Å²) in [5.74, 6) is 0.154. The van der Waals surface area contributed by atoms with Crippen LogP contribution in [-0.4, -0.2) is 46.6 Å². The van der Waals surface area contributed by atoms with E-state index in [9.17, 15) is 4.79 Å². The van der Waals surface area contributed by atoms with Crippen molar-refractivity contribution in [2.45, 2.75) is 25.3 Å². The van der Waals surface area contributed by atoms with E-state index in [2.05, 4.69) is 22.1 Å². The summed E-state index contributed by atoms with van der Waals surface area (Å²) in [5, 5.41) is 1.02. The molecule has 1 aliphatic heterocycles. The molecule has 5 heteroatoms. The number of hydrogen-bond donors (Lipinski definition) is 1. The Hall–Kier alpha value is -2.66. The van der Waals surface area contributed by atoms with E-state index in [1.807, 2.05) is 41.4 Å². The smallest absolute Gasteiger partial charge is 0.227 e. The lowest BCUT2D eigenvalue weighted by atomic mass is 10.1. The zero-order valence-corrected chi connectivity index (χ0v) is 14.7. The monoisotopic (exact) mass is 349 g/mol. The summed E-state index contributed by atoms with van der Waals surface area (Å²) in [6.45, 7) is 2.09. The summed E-state index contributed by atoms with van der Waals surface area (Å²) < 4.78 is 5.54. The van der Waals surface area contributed by atoms with Crippen LogP contribution in [-0.2, 0) is 22.4 Å². The fourth-order valence-electron chi connectivity index (χ4n) is 3.60. The number of hydrogen-bond acceptors (Lipinski definition) is 3. The first-order valence-electron chi connectivity index (χ1n) is 9.13. The molecule has 0 bridgehead atoms. The highest BCUT2D eigenvalue weighted by molar-refractivity contribution is 5.87. The lowest BCUT2D eigenvalue weighted by Crippen LogP contribution is -2.42. The Kier molecular flexibility index (Phi) is 4.97. The first-order valence-corrected chi connectivity index (χ1v) is 9.13. The van der Waals surface area contributed by atoms with Crippen LogP contribution >= 0.6 is 0 Å². The first kappa shape index (κ1) is 16.8. The van der Waals surface area contributed by atoms with Gasteiger partial charge in [-0.1, -0.05) is 30.3 Å². The van der Waals surface area contributed by atoms with Crippen LogP contribution in [0.5, 0.6) is 0 Å². The molecule has 1 unspecified atom stereocenters. The van der Waals surface area contributed by atoms with Crippen LogP contribution in [0.3, 0.4) is 0 Å². The van der Waals surface area contributed by atoms with Crippen LogP contribution in [0.15, 0.2) is 54.9 Å². The van der Waals surface area contributed by atoms with Crippen molar-refractivity contribution in [2.24, 2.45) is 0 Å². The molecular formula is C21H23N3O2. The zero-order valence-electron chi connectivity index (χ0n) is 14.7. The van der Waals surface area contributed by atoms with Gasteiger partial charge < -0.3 is 14.6 Å². The topological polar surface area (TPSA) is 58.2 Å². The maximum Gasteiger partial charge on any atom is 0.227 e. The van der Waals surface area contributed by atoms with Crippen LogP contribution in [0.25, 0.3) is 11.0 Å². The van der Waals surface area contributed by atoms with E-state index in [1.54, 1.807) is 6.20 Å². The molecule has 1 aliphatic rings. The minimum absolute atomic E-state index is 0.154. The van der Waals surface area contributed by atoms with Gasteiger partial charge in [0.25, 0.3) is 0 Å². The van der Waals surface area contributed by atoms with Crippen molar-refractivity contribution in [2.75, 3.05) is 19.8 Å². The van der Waals surface area contributed by atoms with Gasteiger partial charge in [0.15, 0.2) is 0 Å². The predicted molar refractivity (Wildman–Crippen MR) is 101 cm³/mol. The van der Waals surface area contributed by atoms with Gasteiger partial charge in [0.1, 0.15) is 5.65 Å². The van der Waals surface area contributed by atoms with Crippen molar-refractivity contribution in [1.29, 1.82) is 0 Å². The highest BCUT2D eigenvalue weighted by Gasteiger charge is 2.27. The van der Waals surface area contributed by atoms with Gasteiger partial charge in [0.2, 0.25) is 5.91 Å². The van der Waals surface area contributed by atoms with Gasteiger partial charge in [0, 0.05) is 30.9 Å². The van der Waals surface area contributed by atoms with Crippen molar-refractivity contribution >= 4 is 16.9 Å². The third kappa shape index (κ3) is 3.63. The highest BCUT2D eigenvalue weighted by Crippen LogP contribution is 2.20. The normalized spacial score (nSPS) is 16.8. The molecule has 0 saturated carbocycles. The van der Waals surface area contributed by atoms with Crippen LogP contribution in [0.1, 0.15) is 17.5 Å². The molecule has 1 aromatic carbocycles.